The Labute approximate surface area is 71.4 Å². The van der Waals surface area contributed by atoms with Gasteiger partial charge in [-0.25, -0.2) is 0 Å². The van der Waals surface area contributed by atoms with Crippen molar-refractivity contribution >= 4 is 5.91 Å². The predicted molar refractivity (Wildman–Crippen MR) is 46.1 cm³/mol. The largest absolute Gasteiger partial charge is 0.326 e. The van der Waals surface area contributed by atoms with Crippen LogP contribution >= 0.6 is 0 Å². The lowest BCUT2D eigenvalue weighted by molar-refractivity contribution is -0.118. The normalized spacial score (nSPS) is 9.75. The topological polar surface area (TPSA) is 66.9 Å². The molecule has 1 radical (unpaired) electrons. The van der Waals surface area contributed by atoms with Gasteiger partial charge in [0.15, 0.2) is 0 Å². The molecule has 0 bridgehead atoms. The molecule has 1 amide bonds. The third kappa shape index (κ3) is 2.36. The quantitative estimate of drug-likeness (QED) is 0.705. The van der Waals surface area contributed by atoms with E-state index in [2.05, 4.69) is 0 Å². The molecule has 0 aliphatic rings. The highest BCUT2D eigenvalue weighted by Crippen LogP contribution is 2.03. The summed E-state index contributed by atoms with van der Waals surface area (Å²) in [5, 5.41) is 0. The van der Waals surface area contributed by atoms with Gasteiger partial charge in [0.2, 0.25) is 5.91 Å². The van der Waals surface area contributed by atoms with Crippen LogP contribution in [0.5, 0.6) is 0 Å². The molecular weight excluding hydrogens is 152 g/mol. The zero-order valence-corrected chi connectivity index (χ0v) is 6.71. The van der Waals surface area contributed by atoms with E-state index in [0.717, 1.165) is 11.1 Å². The Kier molecular flexibility index (Phi) is 2.82. The summed E-state index contributed by atoms with van der Waals surface area (Å²) in [5.41, 5.74) is 14.1. The number of nitrogens with two attached hydrogens (primary N) is 1. The van der Waals surface area contributed by atoms with Crippen molar-refractivity contribution in [2.24, 2.45) is 5.73 Å². The number of rotatable bonds is 3. The summed E-state index contributed by atoms with van der Waals surface area (Å²) in [6.45, 7) is 0.509. The summed E-state index contributed by atoms with van der Waals surface area (Å²) in [5.74, 6) is -0.560. The molecule has 0 aliphatic carbocycles. The Morgan fingerprint density at radius 1 is 1.25 bits per heavy atom. The van der Waals surface area contributed by atoms with Gasteiger partial charge in [-0.1, -0.05) is 24.3 Å². The van der Waals surface area contributed by atoms with Crippen molar-refractivity contribution in [3.63, 3.8) is 0 Å². The molecule has 0 unspecified atom stereocenters. The van der Waals surface area contributed by atoms with E-state index in [1.54, 1.807) is 0 Å². The van der Waals surface area contributed by atoms with Crippen molar-refractivity contribution in [3.05, 3.63) is 35.4 Å². The monoisotopic (exact) mass is 163 g/mol. The average Bonchev–Trinajstić information content (AvgIpc) is 2.05. The molecule has 0 heterocycles. The van der Waals surface area contributed by atoms with E-state index in [0.29, 0.717) is 6.54 Å². The highest BCUT2D eigenvalue weighted by Gasteiger charge is 1.97. The second-order valence-corrected chi connectivity index (χ2v) is 2.62. The first kappa shape index (κ1) is 8.74. The van der Waals surface area contributed by atoms with Gasteiger partial charge >= 0.3 is 0 Å². The molecular formula is C9H11N2O. The van der Waals surface area contributed by atoms with Gasteiger partial charge in [0.25, 0.3) is 0 Å². The Hall–Kier alpha value is -1.35. The lowest BCUT2D eigenvalue weighted by Crippen LogP contribution is -2.02. The zero-order valence-electron chi connectivity index (χ0n) is 6.71. The molecule has 0 fully saturated rings. The maximum atomic E-state index is 10.4. The van der Waals surface area contributed by atoms with Crippen molar-refractivity contribution in [1.29, 1.82) is 0 Å². The minimum Gasteiger partial charge on any atom is -0.326 e. The maximum absolute atomic E-state index is 10.4. The summed E-state index contributed by atoms with van der Waals surface area (Å²) < 4.78 is 0. The van der Waals surface area contributed by atoms with Gasteiger partial charge in [-0.2, -0.15) is 0 Å². The fourth-order valence-electron chi connectivity index (χ4n) is 0.979. The van der Waals surface area contributed by atoms with Crippen LogP contribution in [0, 0.1) is 0 Å². The van der Waals surface area contributed by atoms with Gasteiger partial charge in [-0.15, -0.1) is 0 Å². The van der Waals surface area contributed by atoms with Crippen LogP contribution in [0.1, 0.15) is 11.1 Å². The van der Waals surface area contributed by atoms with Crippen LogP contribution in [-0.4, -0.2) is 5.91 Å². The third-order valence-corrected chi connectivity index (χ3v) is 1.62. The molecule has 1 aromatic rings. The highest BCUT2D eigenvalue weighted by molar-refractivity contribution is 5.75. The number of carbonyl (C=O) groups is 1. The first-order chi connectivity index (χ1) is 5.72. The molecule has 3 N–H and O–H groups in total. The van der Waals surface area contributed by atoms with E-state index < -0.39 is 5.91 Å². The van der Waals surface area contributed by atoms with E-state index in [1.165, 1.54) is 0 Å². The minimum absolute atomic E-state index is 0.185. The van der Waals surface area contributed by atoms with Crippen LogP contribution in [-0.2, 0) is 17.8 Å². The second-order valence-electron chi connectivity index (χ2n) is 2.62. The summed E-state index contributed by atoms with van der Waals surface area (Å²) in [7, 11) is 0. The number of amides is 1. The van der Waals surface area contributed by atoms with Gasteiger partial charge in [0.05, 0.1) is 6.42 Å². The molecule has 12 heavy (non-hydrogen) atoms. The maximum Gasteiger partial charge on any atom is 0.242 e. The summed E-state index contributed by atoms with van der Waals surface area (Å²) >= 11 is 0. The number of hydrogen-bond donors (Lipinski definition) is 1. The minimum atomic E-state index is -0.560. The van der Waals surface area contributed by atoms with E-state index in [4.69, 9.17) is 11.5 Å². The Balaban J connectivity index is 2.71. The van der Waals surface area contributed by atoms with Crippen LogP contribution in [0.3, 0.4) is 0 Å². The van der Waals surface area contributed by atoms with Gasteiger partial charge < -0.3 is 5.73 Å². The zero-order chi connectivity index (χ0) is 8.97. The fraction of sp³-hybridized carbons (Fsp3) is 0.222. The van der Waals surface area contributed by atoms with Crippen LogP contribution < -0.4 is 11.5 Å². The molecule has 63 valence electrons. The van der Waals surface area contributed by atoms with Gasteiger partial charge in [-0.3, -0.25) is 10.5 Å². The van der Waals surface area contributed by atoms with E-state index in [1.807, 2.05) is 24.3 Å². The number of nitrogens with one attached hydrogen (secondary N) is 1. The number of carbonyl (C=O) groups excluding carboxylic acids is 1. The van der Waals surface area contributed by atoms with Crippen molar-refractivity contribution in [3.8, 4) is 0 Å². The molecule has 0 aliphatic heterocycles. The van der Waals surface area contributed by atoms with Crippen molar-refractivity contribution in [2.45, 2.75) is 13.0 Å². The number of benzene rings is 1. The molecule has 3 nitrogen and oxygen atoms in total. The lowest BCUT2D eigenvalue weighted by atomic mass is 10.1. The van der Waals surface area contributed by atoms with E-state index in [-0.39, 0.29) is 6.42 Å². The summed E-state index contributed by atoms with van der Waals surface area (Å²) in [6.07, 6.45) is 0.185. The standard InChI is InChI=1S/C9H11N2O/c10-6-8-3-1-7(2-4-8)5-9(11)12/h1-4,11H,5-6,10H2. The molecule has 0 atom stereocenters. The third-order valence-electron chi connectivity index (χ3n) is 1.62. The molecule has 0 saturated heterocycles. The second kappa shape index (κ2) is 3.88. The van der Waals surface area contributed by atoms with Gasteiger partial charge in [0, 0.05) is 6.54 Å². The number of hydrogen-bond acceptors (Lipinski definition) is 2. The first-order valence-electron chi connectivity index (χ1n) is 3.74. The SMILES string of the molecule is [NH]C(=O)Cc1ccc(CN)cc1. The van der Waals surface area contributed by atoms with Crippen molar-refractivity contribution in [2.75, 3.05) is 0 Å². The molecule has 0 spiro atoms. The van der Waals surface area contributed by atoms with Crippen LogP contribution in [0.4, 0.5) is 0 Å². The van der Waals surface area contributed by atoms with E-state index >= 15 is 0 Å². The average molecular weight is 163 g/mol. The summed E-state index contributed by atoms with van der Waals surface area (Å²) in [6, 6.07) is 7.40. The van der Waals surface area contributed by atoms with Crippen LogP contribution in [0.15, 0.2) is 24.3 Å². The van der Waals surface area contributed by atoms with Gasteiger partial charge in [-0.05, 0) is 11.1 Å². The smallest absolute Gasteiger partial charge is 0.242 e. The highest BCUT2D eigenvalue weighted by atomic mass is 16.1. The van der Waals surface area contributed by atoms with Crippen LogP contribution in [0.25, 0.3) is 0 Å². The predicted octanol–water partition coefficient (Wildman–Crippen LogP) is 0.497. The van der Waals surface area contributed by atoms with E-state index in [9.17, 15) is 4.79 Å². The Morgan fingerprint density at radius 3 is 2.17 bits per heavy atom. The Bertz CT molecular complexity index is 266. The Morgan fingerprint density at radius 2 is 1.75 bits per heavy atom. The first-order valence-corrected chi connectivity index (χ1v) is 3.74. The molecule has 0 saturated carbocycles. The fourth-order valence-corrected chi connectivity index (χ4v) is 0.979. The van der Waals surface area contributed by atoms with Crippen molar-refractivity contribution in [1.82, 2.24) is 5.73 Å². The summed E-state index contributed by atoms with van der Waals surface area (Å²) in [4.78, 5) is 10.4. The van der Waals surface area contributed by atoms with Crippen LogP contribution in [0.2, 0.25) is 0 Å². The molecule has 3 heteroatoms. The molecule has 0 aromatic heterocycles. The van der Waals surface area contributed by atoms with Crippen molar-refractivity contribution < 1.29 is 4.79 Å². The lowest BCUT2D eigenvalue weighted by Gasteiger charge is -1.98. The molecule has 1 rings (SSSR count). The van der Waals surface area contributed by atoms with Gasteiger partial charge in [0.1, 0.15) is 0 Å². The molecule has 1 aromatic carbocycles.